The van der Waals surface area contributed by atoms with Crippen molar-refractivity contribution in [1.29, 1.82) is 0 Å². The number of sulfonamides is 1. The van der Waals surface area contributed by atoms with Crippen LogP contribution in [0.15, 0.2) is 16.3 Å². The number of thiophene rings is 1. The highest BCUT2D eigenvalue weighted by atomic mass is 35.5. The number of rotatable bonds is 4. The van der Waals surface area contributed by atoms with Crippen LogP contribution in [-0.2, 0) is 15.9 Å². The Labute approximate surface area is 124 Å². The third kappa shape index (κ3) is 3.13. The van der Waals surface area contributed by atoms with Crippen LogP contribution in [0, 0.1) is 0 Å². The summed E-state index contributed by atoms with van der Waals surface area (Å²) in [5, 5.41) is 0. The summed E-state index contributed by atoms with van der Waals surface area (Å²) < 4.78 is 27.1. The largest absolute Gasteiger partial charge is 0.298 e. The number of hydrogen-bond acceptors (Lipinski definition) is 4. The maximum absolute atomic E-state index is 12.5. The van der Waals surface area contributed by atoms with Gasteiger partial charge in [-0.25, -0.2) is 8.42 Å². The molecular weight excluding hydrogens is 304 g/mol. The van der Waals surface area contributed by atoms with E-state index >= 15 is 0 Å². The minimum atomic E-state index is -3.35. The molecule has 2 rings (SSSR count). The Kier molecular flexibility index (Phi) is 4.89. The molecule has 1 aromatic rings. The average molecular weight is 323 g/mol. The predicted octanol–water partition coefficient (Wildman–Crippen LogP) is 2.20. The fraction of sp³-hybridized carbons (Fsp3) is 0.667. The zero-order valence-corrected chi connectivity index (χ0v) is 13.6. The van der Waals surface area contributed by atoms with E-state index in [1.54, 1.807) is 16.4 Å². The van der Waals surface area contributed by atoms with E-state index in [9.17, 15) is 8.42 Å². The Hall–Kier alpha value is -0.140. The molecule has 2 heterocycles. The van der Waals surface area contributed by atoms with Crippen LogP contribution in [0.2, 0.25) is 0 Å². The van der Waals surface area contributed by atoms with Gasteiger partial charge in [0.1, 0.15) is 4.21 Å². The Morgan fingerprint density at radius 2 is 2.16 bits per heavy atom. The molecule has 0 N–H and O–H groups in total. The van der Waals surface area contributed by atoms with Gasteiger partial charge in [0, 0.05) is 30.6 Å². The van der Waals surface area contributed by atoms with Crippen LogP contribution in [0.4, 0.5) is 0 Å². The van der Waals surface area contributed by atoms with Gasteiger partial charge in [0.15, 0.2) is 0 Å². The molecule has 1 fully saturated rings. The summed E-state index contributed by atoms with van der Waals surface area (Å²) in [5.41, 5.74) is 0. The van der Waals surface area contributed by atoms with Crippen molar-refractivity contribution in [3.8, 4) is 0 Å². The van der Waals surface area contributed by atoms with Gasteiger partial charge in [0.25, 0.3) is 10.0 Å². The molecular formula is C12H19ClN2O2S2. The van der Waals surface area contributed by atoms with Crippen molar-refractivity contribution in [2.45, 2.75) is 30.0 Å². The van der Waals surface area contributed by atoms with Crippen LogP contribution in [0.5, 0.6) is 0 Å². The van der Waals surface area contributed by atoms with Crippen LogP contribution >= 0.6 is 22.9 Å². The molecule has 0 saturated carbocycles. The second-order valence-electron chi connectivity index (χ2n) is 4.70. The second kappa shape index (κ2) is 6.10. The molecule has 1 aliphatic heterocycles. The molecule has 4 nitrogen and oxygen atoms in total. The van der Waals surface area contributed by atoms with Crippen molar-refractivity contribution in [3.63, 3.8) is 0 Å². The standard InChI is InChI=1S/C12H19ClN2O2S2/c1-3-14-6-7-15(9-10(14)2)19(16,17)12-5-4-11(8-13)18-12/h4-5,10H,3,6-9H2,1-2H3. The topological polar surface area (TPSA) is 40.6 Å². The average Bonchev–Trinajstić information content (AvgIpc) is 2.88. The number of piperazine rings is 1. The molecule has 108 valence electrons. The van der Waals surface area contributed by atoms with E-state index in [-0.39, 0.29) is 6.04 Å². The lowest BCUT2D eigenvalue weighted by Crippen LogP contribution is -2.53. The van der Waals surface area contributed by atoms with Crippen molar-refractivity contribution < 1.29 is 8.42 Å². The maximum Gasteiger partial charge on any atom is 0.252 e. The van der Waals surface area contributed by atoms with Crippen molar-refractivity contribution in [2.75, 3.05) is 26.2 Å². The minimum Gasteiger partial charge on any atom is -0.298 e. The number of hydrogen-bond donors (Lipinski definition) is 0. The quantitative estimate of drug-likeness (QED) is 0.798. The highest BCUT2D eigenvalue weighted by Crippen LogP contribution is 2.27. The molecule has 1 saturated heterocycles. The summed E-state index contributed by atoms with van der Waals surface area (Å²) >= 11 is 7.00. The van der Waals surface area contributed by atoms with Gasteiger partial charge in [0.05, 0.1) is 5.88 Å². The van der Waals surface area contributed by atoms with Crippen molar-refractivity contribution >= 4 is 33.0 Å². The van der Waals surface area contributed by atoms with Crippen LogP contribution in [-0.4, -0.2) is 49.8 Å². The molecule has 0 aromatic carbocycles. The van der Waals surface area contributed by atoms with Gasteiger partial charge in [-0.1, -0.05) is 6.92 Å². The van der Waals surface area contributed by atoms with Crippen LogP contribution in [0.25, 0.3) is 0 Å². The summed E-state index contributed by atoms with van der Waals surface area (Å²) in [7, 11) is -3.35. The summed E-state index contributed by atoms with van der Waals surface area (Å²) in [5.74, 6) is 0.361. The Morgan fingerprint density at radius 3 is 2.68 bits per heavy atom. The molecule has 19 heavy (non-hydrogen) atoms. The number of alkyl halides is 1. The van der Waals surface area contributed by atoms with Crippen LogP contribution in [0.1, 0.15) is 18.7 Å². The fourth-order valence-electron chi connectivity index (χ4n) is 2.35. The lowest BCUT2D eigenvalue weighted by Gasteiger charge is -2.38. The van der Waals surface area contributed by atoms with Gasteiger partial charge in [-0.05, 0) is 25.6 Å². The summed E-state index contributed by atoms with van der Waals surface area (Å²) in [4.78, 5) is 3.19. The Balaban J connectivity index is 2.17. The zero-order valence-electron chi connectivity index (χ0n) is 11.2. The summed E-state index contributed by atoms with van der Waals surface area (Å²) in [6.45, 7) is 7.06. The molecule has 0 spiro atoms. The summed E-state index contributed by atoms with van der Waals surface area (Å²) in [6.07, 6.45) is 0. The first kappa shape index (κ1) is 15.3. The van der Waals surface area contributed by atoms with Crippen LogP contribution < -0.4 is 0 Å². The molecule has 1 unspecified atom stereocenters. The number of likely N-dealkylation sites (N-methyl/N-ethyl adjacent to an activating group) is 1. The predicted molar refractivity (Wildman–Crippen MR) is 79.3 cm³/mol. The third-order valence-electron chi connectivity index (χ3n) is 3.50. The van der Waals surface area contributed by atoms with E-state index in [1.165, 1.54) is 11.3 Å². The van der Waals surface area contributed by atoms with E-state index in [4.69, 9.17) is 11.6 Å². The first-order chi connectivity index (χ1) is 8.98. The lowest BCUT2D eigenvalue weighted by atomic mass is 10.2. The van der Waals surface area contributed by atoms with E-state index in [1.807, 2.05) is 0 Å². The monoisotopic (exact) mass is 322 g/mol. The first-order valence-electron chi connectivity index (χ1n) is 6.38. The van der Waals surface area contributed by atoms with Gasteiger partial charge in [-0.15, -0.1) is 22.9 Å². The first-order valence-corrected chi connectivity index (χ1v) is 9.17. The minimum absolute atomic E-state index is 0.265. The number of halogens is 1. The highest BCUT2D eigenvalue weighted by Gasteiger charge is 2.32. The molecule has 0 aliphatic carbocycles. The Bertz CT molecular complexity index is 530. The van der Waals surface area contributed by atoms with E-state index in [0.29, 0.717) is 23.2 Å². The Morgan fingerprint density at radius 1 is 1.42 bits per heavy atom. The zero-order chi connectivity index (χ0) is 14.0. The molecule has 1 aromatic heterocycles. The van der Waals surface area contributed by atoms with Gasteiger partial charge in [-0.2, -0.15) is 4.31 Å². The fourth-order valence-corrected chi connectivity index (χ4v) is 5.47. The molecule has 0 amide bonds. The summed E-state index contributed by atoms with van der Waals surface area (Å²) in [6, 6.07) is 3.71. The smallest absolute Gasteiger partial charge is 0.252 e. The SMILES string of the molecule is CCN1CCN(S(=O)(=O)c2ccc(CCl)s2)CC1C. The van der Waals surface area contributed by atoms with Crippen molar-refractivity contribution in [2.24, 2.45) is 0 Å². The molecule has 1 aliphatic rings. The second-order valence-corrected chi connectivity index (χ2v) is 8.30. The highest BCUT2D eigenvalue weighted by molar-refractivity contribution is 7.91. The van der Waals surface area contributed by atoms with Crippen molar-refractivity contribution in [3.05, 3.63) is 17.0 Å². The molecule has 1 atom stereocenters. The van der Waals surface area contributed by atoms with E-state index in [0.717, 1.165) is 18.0 Å². The number of nitrogens with zero attached hydrogens (tertiary/aromatic N) is 2. The lowest BCUT2D eigenvalue weighted by molar-refractivity contribution is 0.136. The molecule has 7 heteroatoms. The molecule has 0 radical (unpaired) electrons. The third-order valence-corrected chi connectivity index (χ3v) is 7.36. The van der Waals surface area contributed by atoms with Gasteiger partial charge in [0.2, 0.25) is 0 Å². The van der Waals surface area contributed by atoms with E-state index in [2.05, 4.69) is 18.7 Å². The van der Waals surface area contributed by atoms with Crippen LogP contribution in [0.3, 0.4) is 0 Å². The molecule has 0 bridgehead atoms. The maximum atomic E-state index is 12.5. The van der Waals surface area contributed by atoms with Crippen molar-refractivity contribution in [1.82, 2.24) is 9.21 Å². The van der Waals surface area contributed by atoms with Gasteiger partial charge in [-0.3, -0.25) is 4.90 Å². The van der Waals surface area contributed by atoms with E-state index < -0.39 is 10.0 Å². The normalized spacial score (nSPS) is 22.8. The van der Waals surface area contributed by atoms with Gasteiger partial charge >= 0.3 is 0 Å². The van der Waals surface area contributed by atoms with Gasteiger partial charge < -0.3 is 0 Å².